The summed E-state index contributed by atoms with van der Waals surface area (Å²) in [5, 5.41) is 4.06. The van der Waals surface area contributed by atoms with E-state index in [1.165, 1.54) is 24.6 Å². The van der Waals surface area contributed by atoms with E-state index in [1.54, 1.807) is 23.8 Å². The highest BCUT2D eigenvalue weighted by Crippen LogP contribution is 2.32. The Bertz CT molecular complexity index is 1110. The Labute approximate surface area is 173 Å². The molecule has 1 atom stereocenters. The molecule has 1 saturated carbocycles. The number of nitrogens with zero attached hydrogens (tertiary/aromatic N) is 2. The second-order valence-electron chi connectivity index (χ2n) is 7.24. The lowest BCUT2D eigenvalue weighted by Crippen LogP contribution is -2.35. The number of carbonyl (C=O) groups excluding carboxylic acids is 1. The molecule has 1 aliphatic rings. The van der Waals surface area contributed by atoms with E-state index in [0.717, 1.165) is 0 Å². The fraction of sp³-hybridized carbons (Fsp3) is 0.318. The molecule has 6 nitrogen and oxygen atoms in total. The molecule has 0 radical (unpaired) electrons. The average Bonchev–Trinajstić information content (AvgIpc) is 3.58. The topological polar surface area (TPSA) is 73.2 Å². The summed E-state index contributed by atoms with van der Waals surface area (Å²) in [5.41, 5.74) is 1.10. The van der Waals surface area contributed by atoms with Crippen LogP contribution in [-0.4, -0.2) is 34.4 Å². The van der Waals surface area contributed by atoms with E-state index in [0.29, 0.717) is 33.4 Å². The molecular weight excluding hydrogens is 386 g/mol. The van der Waals surface area contributed by atoms with Gasteiger partial charge in [0.2, 0.25) is 5.91 Å². The SMILES string of the molecule is COc1cccc(-n2c(SCC(=O)NC(C)C3CC3)nc3ccccc3c2=O)c1. The fourth-order valence-corrected chi connectivity index (χ4v) is 4.15. The van der Waals surface area contributed by atoms with E-state index in [4.69, 9.17) is 4.74 Å². The number of para-hydroxylation sites is 1. The Morgan fingerprint density at radius 3 is 2.83 bits per heavy atom. The largest absolute Gasteiger partial charge is 0.497 e. The zero-order valence-electron chi connectivity index (χ0n) is 16.4. The second kappa shape index (κ2) is 8.29. The van der Waals surface area contributed by atoms with E-state index < -0.39 is 0 Å². The number of nitrogens with one attached hydrogen (secondary N) is 1. The fourth-order valence-electron chi connectivity index (χ4n) is 3.33. The van der Waals surface area contributed by atoms with Gasteiger partial charge in [0.05, 0.1) is 29.5 Å². The lowest BCUT2D eigenvalue weighted by Gasteiger charge is -2.15. The number of hydrogen-bond acceptors (Lipinski definition) is 5. The lowest BCUT2D eigenvalue weighted by atomic mass is 10.2. The average molecular weight is 410 g/mol. The molecule has 4 rings (SSSR count). The number of hydrogen-bond donors (Lipinski definition) is 1. The van der Waals surface area contributed by atoms with Crippen molar-refractivity contribution in [3.8, 4) is 11.4 Å². The van der Waals surface area contributed by atoms with Gasteiger partial charge in [-0.2, -0.15) is 0 Å². The Morgan fingerprint density at radius 1 is 1.28 bits per heavy atom. The van der Waals surface area contributed by atoms with Crippen LogP contribution in [0.3, 0.4) is 0 Å². The first kappa shape index (κ1) is 19.5. The second-order valence-corrected chi connectivity index (χ2v) is 8.18. The summed E-state index contributed by atoms with van der Waals surface area (Å²) in [4.78, 5) is 30.3. The summed E-state index contributed by atoms with van der Waals surface area (Å²) in [5.74, 6) is 1.40. The summed E-state index contributed by atoms with van der Waals surface area (Å²) < 4.78 is 6.86. The van der Waals surface area contributed by atoms with Crippen molar-refractivity contribution < 1.29 is 9.53 Å². The number of ether oxygens (including phenoxy) is 1. The number of fused-ring (bicyclic) bond motifs is 1. The van der Waals surface area contributed by atoms with Crippen molar-refractivity contribution in [3.63, 3.8) is 0 Å². The molecular formula is C22H23N3O3S. The molecule has 0 aliphatic heterocycles. The summed E-state index contributed by atoms with van der Waals surface area (Å²) in [7, 11) is 1.58. The zero-order valence-corrected chi connectivity index (χ0v) is 17.2. The summed E-state index contributed by atoms with van der Waals surface area (Å²) in [6.45, 7) is 2.04. The molecule has 0 spiro atoms. The van der Waals surface area contributed by atoms with Gasteiger partial charge in [0.15, 0.2) is 5.16 Å². The Hall–Kier alpha value is -2.80. The number of amides is 1. The molecule has 0 saturated heterocycles. The van der Waals surface area contributed by atoms with Gasteiger partial charge in [0.1, 0.15) is 5.75 Å². The number of aromatic nitrogens is 2. The van der Waals surface area contributed by atoms with Crippen LogP contribution in [-0.2, 0) is 4.79 Å². The van der Waals surface area contributed by atoms with E-state index >= 15 is 0 Å². The van der Waals surface area contributed by atoms with Crippen LogP contribution in [0, 0.1) is 5.92 Å². The van der Waals surface area contributed by atoms with Gasteiger partial charge in [-0.25, -0.2) is 4.98 Å². The highest BCUT2D eigenvalue weighted by molar-refractivity contribution is 7.99. The van der Waals surface area contributed by atoms with Gasteiger partial charge in [0.25, 0.3) is 5.56 Å². The third-order valence-electron chi connectivity index (χ3n) is 5.11. The molecule has 1 unspecified atom stereocenters. The molecule has 1 fully saturated rings. The summed E-state index contributed by atoms with van der Waals surface area (Å²) in [6, 6.07) is 14.7. The maximum absolute atomic E-state index is 13.2. The van der Waals surface area contributed by atoms with Gasteiger partial charge in [-0.3, -0.25) is 14.2 Å². The van der Waals surface area contributed by atoms with E-state index in [1.807, 2.05) is 43.3 Å². The zero-order chi connectivity index (χ0) is 20.4. The number of rotatable bonds is 7. The highest BCUT2D eigenvalue weighted by atomic mass is 32.2. The molecule has 1 N–H and O–H groups in total. The van der Waals surface area contributed by atoms with E-state index in [9.17, 15) is 9.59 Å². The Kier molecular flexibility index (Phi) is 5.58. The van der Waals surface area contributed by atoms with E-state index in [-0.39, 0.29) is 23.3 Å². The van der Waals surface area contributed by atoms with E-state index in [2.05, 4.69) is 10.3 Å². The minimum atomic E-state index is -0.168. The predicted molar refractivity (Wildman–Crippen MR) is 115 cm³/mol. The molecule has 1 amide bonds. The van der Waals surface area contributed by atoms with Gasteiger partial charge >= 0.3 is 0 Å². The monoisotopic (exact) mass is 409 g/mol. The van der Waals surface area contributed by atoms with Crippen molar-refractivity contribution in [2.24, 2.45) is 5.92 Å². The maximum atomic E-state index is 13.2. The third kappa shape index (κ3) is 4.29. The highest BCUT2D eigenvalue weighted by Gasteiger charge is 2.28. The first-order chi connectivity index (χ1) is 14.1. The molecule has 2 aromatic carbocycles. The molecule has 150 valence electrons. The van der Waals surface area contributed by atoms with Crippen LogP contribution in [0.2, 0.25) is 0 Å². The lowest BCUT2D eigenvalue weighted by molar-refractivity contribution is -0.119. The van der Waals surface area contributed by atoms with Gasteiger partial charge in [-0.15, -0.1) is 0 Å². The number of thioether (sulfide) groups is 1. The van der Waals surface area contributed by atoms with Crippen molar-refractivity contribution in [2.45, 2.75) is 31.0 Å². The Morgan fingerprint density at radius 2 is 2.07 bits per heavy atom. The van der Waals surface area contributed by atoms with Gasteiger partial charge < -0.3 is 10.1 Å². The minimum absolute atomic E-state index is 0.0472. The summed E-state index contributed by atoms with van der Waals surface area (Å²) in [6.07, 6.45) is 2.35. The van der Waals surface area contributed by atoms with Crippen molar-refractivity contribution >= 4 is 28.6 Å². The molecule has 1 heterocycles. The Balaban J connectivity index is 1.69. The maximum Gasteiger partial charge on any atom is 0.266 e. The normalized spacial score (nSPS) is 14.6. The van der Waals surface area contributed by atoms with Gasteiger partial charge in [0, 0.05) is 12.1 Å². The smallest absolute Gasteiger partial charge is 0.266 e. The molecule has 7 heteroatoms. The van der Waals surface area contributed by atoms with Crippen LogP contribution in [0.25, 0.3) is 16.6 Å². The number of methoxy groups -OCH3 is 1. The van der Waals surface area contributed by atoms with Crippen LogP contribution in [0.4, 0.5) is 0 Å². The molecule has 0 bridgehead atoms. The van der Waals surface area contributed by atoms with Gasteiger partial charge in [-0.1, -0.05) is 30.0 Å². The first-order valence-electron chi connectivity index (χ1n) is 9.65. The van der Waals surface area contributed by atoms with Crippen LogP contribution in [0.15, 0.2) is 58.5 Å². The molecule has 3 aromatic rings. The van der Waals surface area contributed by atoms with Crippen LogP contribution < -0.4 is 15.6 Å². The standard InChI is InChI=1S/C22H23N3O3S/c1-14(15-10-11-15)23-20(26)13-29-22-24-19-9-4-3-8-18(19)21(27)25(22)16-6-5-7-17(12-16)28-2/h3-9,12,14-15H,10-11,13H2,1-2H3,(H,23,26). The van der Waals surface area contributed by atoms with Crippen molar-refractivity contribution in [1.82, 2.24) is 14.9 Å². The number of benzene rings is 2. The van der Waals surface area contributed by atoms with Crippen molar-refractivity contribution in [1.29, 1.82) is 0 Å². The van der Waals surface area contributed by atoms with Crippen LogP contribution >= 0.6 is 11.8 Å². The molecule has 1 aromatic heterocycles. The molecule has 1 aliphatic carbocycles. The quantitative estimate of drug-likeness (QED) is 0.478. The minimum Gasteiger partial charge on any atom is -0.497 e. The van der Waals surface area contributed by atoms with Crippen molar-refractivity contribution in [2.75, 3.05) is 12.9 Å². The predicted octanol–water partition coefficient (Wildman–Crippen LogP) is 3.40. The first-order valence-corrected chi connectivity index (χ1v) is 10.6. The molecule has 29 heavy (non-hydrogen) atoms. The number of carbonyl (C=O) groups is 1. The summed E-state index contributed by atoms with van der Waals surface area (Å²) >= 11 is 1.27. The van der Waals surface area contributed by atoms with Crippen LogP contribution in [0.5, 0.6) is 5.75 Å². The van der Waals surface area contributed by atoms with Crippen LogP contribution in [0.1, 0.15) is 19.8 Å². The van der Waals surface area contributed by atoms with Gasteiger partial charge in [-0.05, 0) is 49.9 Å². The van der Waals surface area contributed by atoms with Crippen molar-refractivity contribution in [3.05, 3.63) is 58.9 Å². The third-order valence-corrected chi connectivity index (χ3v) is 6.05.